The predicted octanol–water partition coefficient (Wildman–Crippen LogP) is 4.95. The summed E-state index contributed by atoms with van der Waals surface area (Å²) in [5, 5.41) is 0. The molecular formula is C18H31NO2. The lowest BCUT2D eigenvalue weighted by atomic mass is 9.86. The fourth-order valence-corrected chi connectivity index (χ4v) is 2.34. The van der Waals surface area contributed by atoms with E-state index >= 15 is 0 Å². The molecular weight excluding hydrogens is 262 g/mol. The number of nitrogens with zero attached hydrogens (tertiary/aromatic N) is 1. The summed E-state index contributed by atoms with van der Waals surface area (Å²) in [6, 6.07) is 4.44. The van der Waals surface area contributed by atoms with Gasteiger partial charge in [0.2, 0.25) is 0 Å². The van der Waals surface area contributed by atoms with Crippen LogP contribution in [-0.2, 0) is 9.53 Å². The number of hydrogen-bond acceptors (Lipinski definition) is 3. The Bertz CT molecular complexity index is 385. The van der Waals surface area contributed by atoms with Crippen molar-refractivity contribution in [2.75, 3.05) is 6.61 Å². The highest BCUT2D eigenvalue weighted by Crippen LogP contribution is 2.31. The quantitative estimate of drug-likeness (QED) is 0.740. The Morgan fingerprint density at radius 2 is 1.81 bits per heavy atom. The molecule has 0 atom stereocenters. The van der Waals surface area contributed by atoms with Crippen molar-refractivity contribution in [2.24, 2.45) is 0 Å². The molecule has 0 N–H and O–H groups in total. The zero-order chi connectivity index (χ0) is 16.1. The van der Waals surface area contributed by atoms with Crippen molar-refractivity contribution < 1.29 is 9.53 Å². The topological polar surface area (TPSA) is 39.2 Å². The Morgan fingerprint density at radius 1 is 1.19 bits per heavy atom. The molecule has 2 rings (SSSR count). The molecule has 1 aliphatic carbocycles. The number of aromatic nitrogens is 1. The van der Waals surface area contributed by atoms with Crippen molar-refractivity contribution in [1.29, 1.82) is 0 Å². The summed E-state index contributed by atoms with van der Waals surface area (Å²) in [5.74, 6) is 0.739. The summed E-state index contributed by atoms with van der Waals surface area (Å²) in [6.45, 7) is 10.9. The first kappa shape index (κ1) is 19.6. The van der Waals surface area contributed by atoms with Crippen molar-refractivity contribution >= 4 is 6.47 Å². The minimum Gasteiger partial charge on any atom is -0.468 e. The van der Waals surface area contributed by atoms with Crippen molar-refractivity contribution in [1.82, 2.24) is 4.98 Å². The number of carbonyl (C=O) groups is 1. The van der Waals surface area contributed by atoms with E-state index in [0.717, 1.165) is 5.92 Å². The smallest absolute Gasteiger partial charge is 0.293 e. The molecule has 0 bridgehead atoms. The number of hydrogen-bond donors (Lipinski definition) is 0. The first-order chi connectivity index (χ1) is 10.2. The van der Waals surface area contributed by atoms with Gasteiger partial charge >= 0.3 is 0 Å². The molecule has 0 spiro atoms. The van der Waals surface area contributed by atoms with Crippen LogP contribution in [0, 0.1) is 13.8 Å². The third-order valence-electron chi connectivity index (χ3n) is 3.63. The molecule has 1 fully saturated rings. The van der Waals surface area contributed by atoms with Gasteiger partial charge in [0, 0.05) is 17.3 Å². The summed E-state index contributed by atoms with van der Waals surface area (Å²) < 4.78 is 4.15. The van der Waals surface area contributed by atoms with E-state index in [9.17, 15) is 4.79 Å². The number of carbonyl (C=O) groups excluding carboxylic acids is 1. The van der Waals surface area contributed by atoms with Crippen LogP contribution in [0.4, 0.5) is 0 Å². The van der Waals surface area contributed by atoms with Crippen LogP contribution >= 0.6 is 0 Å². The van der Waals surface area contributed by atoms with Crippen molar-refractivity contribution in [2.45, 2.75) is 72.6 Å². The molecule has 1 aliphatic rings. The molecule has 1 aromatic heterocycles. The van der Waals surface area contributed by atoms with Crippen LogP contribution in [0.3, 0.4) is 0 Å². The van der Waals surface area contributed by atoms with Crippen LogP contribution in [-0.4, -0.2) is 18.1 Å². The van der Waals surface area contributed by atoms with Gasteiger partial charge in [-0.25, -0.2) is 0 Å². The van der Waals surface area contributed by atoms with Crippen LogP contribution in [0.25, 0.3) is 0 Å². The van der Waals surface area contributed by atoms with E-state index in [1.165, 1.54) is 49.1 Å². The molecule has 0 aliphatic heterocycles. The van der Waals surface area contributed by atoms with Crippen LogP contribution in [0.15, 0.2) is 12.1 Å². The largest absolute Gasteiger partial charge is 0.468 e. The molecule has 1 saturated carbocycles. The number of aryl methyl sites for hydroxylation is 2. The second kappa shape index (κ2) is 12.4. The molecule has 120 valence electrons. The van der Waals surface area contributed by atoms with Crippen LogP contribution in [0.5, 0.6) is 0 Å². The van der Waals surface area contributed by atoms with Crippen LogP contribution < -0.4 is 0 Å². The SMILES string of the molecule is CC.CCOC=O.Cc1ccc(C2CCCCC2)nc1C. The van der Waals surface area contributed by atoms with Gasteiger partial charge in [-0.2, -0.15) is 0 Å². The molecule has 0 amide bonds. The second-order valence-electron chi connectivity index (χ2n) is 5.02. The van der Waals surface area contributed by atoms with Gasteiger partial charge in [-0.15, -0.1) is 0 Å². The zero-order valence-corrected chi connectivity index (χ0v) is 14.3. The average Bonchev–Trinajstić information content (AvgIpc) is 2.54. The number of ether oxygens (including phenoxy) is 1. The van der Waals surface area contributed by atoms with E-state index in [2.05, 4.69) is 30.7 Å². The second-order valence-corrected chi connectivity index (χ2v) is 5.02. The molecule has 21 heavy (non-hydrogen) atoms. The van der Waals surface area contributed by atoms with E-state index in [4.69, 9.17) is 4.98 Å². The molecule has 0 radical (unpaired) electrons. The zero-order valence-electron chi connectivity index (χ0n) is 14.3. The minimum atomic E-state index is 0.431. The normalized spacial score (nSPS) is 14.1. The molecule has 3 heteroatoms. The van der Waals surface area contributed by atoms with Crippen molar-refractivity contribution in [3.63, 3.8) is 0 Å². The maximum Gasteiger partial charge on any atom is 0.293 e. The van der Waals surface area contributed by atoms with Crippen molar-refractivity contribution in [3.05, 3.63) is 29.1 Å². The van der Waals surface area contributed by atoms with Gasteiger partial charge in [-0.05, 0) is 45.2 Å². The van der Waals surface area contributed by atoms with Crippen LogP contribution in [0.2, 0.25) is 0 Å². The average molecular weight is 293 g/mol. The van der Waals surface area contributed by atoms with E-state index in [1.54, 1.807) is 6.92 Å². The standard InChI is InChI=1S/C13H19N.C3H6O2.C2H6/c1-10-8-9-13(14-11(10)2)12-6-4-3-5-7-12;1-2-5-3-4;1-2/h8-9,12H,3-7H2,1-2H3;3H,2H2,1H3;1-2H3. The molecule has 3 nitrogen and oxygen atoms in total. The number of rotatable bonds is 3. The van der Waals surface area contributed by atoms with E-state index in [0.29, 0.717) is 13.1 Å². The highest BCUT2D eigenvalue weighted by atomic mass is 16.5. The molecule has 1 aromatic rings. The summed E-state index contributed by atoms with van der Waals surface area (Å²) in [5.41, 5.74) is 3.84. The highest BCUT2D eigenvalue weighted by Gasteiger charge is 2.16. The molecule has 0 saturated heterocycles. The maximum absolute atomic E-state index is 9.18. The van der Waals surface area contributed by atoms with E-state index in [1.807, 2.05) is 13.8 Å². The van der Waals surface area contributed by atoms with E-state index < -0.39 is 0 Å². The minimum absolute atomic E-state index is 0.431. The third kappa shape index (κ3) is 7.84. The Hall–Kier alpha value is -1.38. The summed E-state index contributed by atoms with van der Waals surface area (Å²) in [7, 11) is 0. The Morgan fingerprint density at radius 3 is 2.24 bits per heavy atom. The molecule has 1 heterocycles. The summed E-state index contributed by atoms with van der Waals surface area (Å²) in [4.78, 5) is 13.9. The lowest BCUT2D eigenvalue weighted by molar-refractivity contribution is -0.128. The first-order valence-corrected chi connectivity index (χ1v) is 8.18. The first-order valence-electron chi connectivity index (χ1n) is 8.18. The number of pyridine rings is 1. The fourth-order valence-electron chi connectivity index (χ4n) is 2.34. The lowest BCUT2D eigenvalue weighted by Gasteiger charge is -2.21. The maximum atomic E-state index is 9.18. The molecule has 0 unspecified atom stereocenters. The van der Waals surface area contributed by atoms with Gasteiger partial charge < -0.3 is 4.74 Å². The Kier molecular flexibility index (Phi) is 11.6. The van der Waals surface area contributed by atoms with Gasteiger partial charge in [-0.3, -0.25) is 9.78 Å². The van der Waals surface area contributed by atoms with E-state index in [-0.39, 0.29) is 0 Å². The Labute approximate surface area is 130 Å². The van der Waals surface area contributed by atoms with Gasteiger partial charge in [0.05, 0.1) is 6.61 Å². The van der Waals surface area contributed by atoms with Gasteiger partial charge in [0.25, 0.3) is 6.47 Å². The lowest BCUT2D eigenvalue weighted by Crippen LogP contribution is -2.07. The third-order valence-corrected chi connectivity index (χ3v) is 3.63. The fraction of sp³-hybridized carbons (Fsp3) is 0.667. The molecule has 0 aromatic carbocycles. The monoisotopic (exact) mass is 293 g/mol. The summed E-state index contributed by atoms with van der Waals surface area (Å²) >= 11 is 0. The van der Waals surface area contributed by atoms with Gasteiger partial charge in [0.15, 0.2) is 0 Å². The van der Waals surface area contributed by atoms with Gasteiger partial charge in [0.1, 0.15) is 0 Å². The van der Waals surface area contributed by atoms with Crippen LogP contribution in [0.1, 0.15) is 75.7 Å². The van der Waals surface area contributed by atoms with Gasteiger partial charge in [-0.1, -0.05) is 39.2 Å². The highest BCUT2D eigenvalue weighted by molar-refractivity contribution is 5.36. The summed E-state index contributed by atoms with van der Waals surface area (Å²) in [6.07, 6.45) is 6.88. The Balaban J connectivity index is 0.000000489. The predicted molar refractivity (Wildman–Crippen MR) is 88.6 cm³/mol. The van der Waals surface area contributed by atoms with Crippen molar-refractivity contribution in [3.8, 4) is 0 Å².